The molecule has 1 aliphatic heterocycles. The first-order valence-corrected chi connectivity index (χ1v) is 10.4. The Bertz CT molecular complexity index is 1060. The quantitative estimate of drug-likeness (QED) is 0.615. The summed E-state index contributed by atoms with van der Waals surface area (Å²) in [5.41, 5.74) is 4.14. The summed E-state index contributed by atoms with van der Waals surface area (Å²) in [6.45, 7) is 3.46. The van der Waals surface area contributed by atoms with Gasteiger partial charge in [0.1, 0.15) is 10.9 Å². The Hall–Kier alpha value is -3.26. The Morgan fingerprint density at radius 2 is 1.93 bits per heavy atom. The highest BCUT2D eigenvalue weighted by molar-refractivity contribution is 7.13. The van der Waals surface area contributed by atoms with E-state index in [1.807, 2.05) is 55.5 Å². The van der Waals surface area contributed by atoms with Crippen LogP contribution < -0.4 is 10.2 Å². The van der Waals surface area contributed by atoms with Crippen LogP contribution in [0.2, 0.25) is 0 Å². The summed E-state index contributed by atoms with van der Waals surface area (Å²) in [5.74, 6) is -0.816. The van der Waals surface area contributed by atoms with Crippen molar-refractivity contribution >= 4 is 28.9 Å². The highest BCUT2D eigenvalue weighted by Gasteiger charge is 2.34. The molecular weight excluding hydrogens is 400 g/mol. The second-order valence-corrected chi connectivity index (χ2v) is 8.25. The number of aryl methyl sites for hydroxylation is 1. The zero-order chi connectivity index (χ0) is 21.1. The second-order valence-electron chi connectivity index (χ2n) is 7.18. The van der Waals surface area contributed by atoms with Crippen LogP contribution in [0.5, 0.6) is 0 Å². The van der Waals surface area contributed by atoms with Gasteiger partial charge in [0.05, 0.1) is 13.7 Å². The lowest BCUT2D eigenvalue weighted by molar-refractivity contribution is -0.142. The van der Waals surface area contributed by atoms with Gasteiger partial charge in [0.25, 0.3) is 5.91 Å². The smallest absolute Gasteiger partial charge is 0.315 e. The van der Waals surface area contributed by atoms with Gasteiger partial charge in [0.2, 0.25) is 5.01 Å². The minimum Gasteiger partial charge on any atom is -0.468 e. The molecule has 1 unspecified atom stereocenters. The van der Waals surface area contributed by atoms with Gasteiger partial charge in [-0.25, -0.2) is 0 Å². The number of nitrogens with zero attached hydrogens (tertiary/aromatic N) is 3. The summed E-state index contributed by atoms with van der Waals surface area (Å²) >= 11 is 1.26. The molecule has 2 heterocycles. The zero-order valence-corrected chi connectivity index (χ0v) is 17.6. The van der Waals surface area contributed by atoms with E-state index in [4.69, 9.17) is 4.74 Å². The summed E-state index contributed by atoms with van der Waals surface area (Å²) in [6, 6.07) is 15.8. The van der Waals surface area contributed by atoms with Crippen LogP contribution in [0.4, 0.5) is 5.69 Å². The van der Waals surface area contributed by atoms with Crippen molar-refractivity contribution in [2.75, 3.05) is 18.6 Å². The van der Waals surface area contributed by atoms with Gasteiger partial charge >= 0.3 is 5.97 Å². The predicted octanol–water partition coefficient (Wildman–Crippen LogP) is 3.05. The predicted molar refractivity (Wildman–Crippen MR) is 115 cm³/mol. The molecule has 8 heteroatoms. The molecule has 0 saturated heterocycles. The summed E-state index contributed by atoms with van der Waals surface area (Å²) in [6.07, 6.45) is 0. The number of amides is 1. The first-order valence-electron chi connectivity index (χ1n) is 9.63. The molecular formula is C22H22N4O3S. The third-order valence-corrected chi connectivity index (χ3v) is 6.01. The number of hydrogen-bond donors (Lipinski definition) is 1. The zero-order valence-electron chi connectivity index (χ0n) is 16.8. The van der Waals surface area contributed by atoms with Crippen LogP contribution in [0, 0.1) is 6.92 Å². The van der Waals surface area contributed by atoms with Gasteiger partial charge in [-0.2, -0.15) is 0 Å². The molecule has 0 spiro atoms. The maximum Gasteiger partial charge on any atom is 0.315 e. The average Bonchev–Trinajstić information content (AvgIpc) is 3.38. The van der Waals surface area contributed by atoms with Gasteiger partial charge in [-0.15, -0.1) is 10.2 Å². The highest BCUT2D eigenvalue weighted by Crippen LogP contribution is 2.37. The maximum atomic E-state index is 12.4. The number of fused-ring (bicyclic) bond motifs is 1. The Balaban J connectivity index is 1.41. The minimum atomic E-state index is -0.323. The minimum absolute atomic E-state index is 0.242. The number of hydrogen-bond acceptors (Lipinski definition) is 7. The maximum absolute atomic E-state index is 12.4. The number of methoxy groups -OCH3 is 1. The molecule has 154 valence electrons. The SMILES string of the molecule is COC(=O)C1CN(Cc2nnc(C(=O)NCc3ccc(C)cc3)s2)c2ccccc21. The topological polar surface area (TPSA) is 84.4 Å². The van der Waals surface area contributed by atoms with Crippen molar-refractivity contribution in [3.63, 3.8) is 0 Å². The van der Waals surface area contributed by atoms with Crippen LogP contribution in [0.1, 0.15) is 37.4 Å². The molecule has 3 aromatic rings. The number of benzene rings is 2. The lowest BCUT2D eigenvalue weighted by atomic mass is 10.0. The molecule has 1 atom stereocenters. The second kappa shape index (κ2) is 8.62. The Labute approximate surface area is 178 Å². The number of esters is 1. The summed E-state index contributed by atoms with van der Waals surface area (Å²) < 4.78 is 4.95. The Morgan fingerprint density at radius 1 is 1.17 bits per heavy atom. The molecule has 0 bridgehead atoms. The third-order valence-electron chi connectivity index (χ3n) is 5.10. The van der Waals surface area contributed by atoms with Crippen molar-refractivity contribution in [1.29, 1.82) is 0 Å². The van der Waals surface area contributed by atoms with Crippen LogP contribution in [0.3, 0.4) is 0 Å². The monoisotopic (exact) mass is 422 g/mol. The van der Waals surface area contributed by atoms with E-state index in [0.29, 0.717) is 24.6 Å². The molecule has 1 aliphatic rings. The summed E-state index contributed by atoms with van der Waals surface area (Å²) in [5, 5.41) is 12.2. The lowest BCUT2D eigenvalue weighted by Gasteiger charge is -2.17. The fourth-order valence-electron chi connectivity index (χ4n) is 3.52. The van der Waals surface area contributed by atoms with Crippen molar-refractivity contribution in [2.24, 2.45) is 0 Å². The summed E-state index contributed by atoms with van der Waals surface area (Å²) in [4.78, 5) is 26.7. The molecule has 2 aromatic carbocycles. The van der Waals surface area contributed by atoms with Gasteiger partial charge in [-0.1, -0.05) is 59.4 Å². The van der Waals surface area contributed by atoms with E-state index in [1.165, 1.54) is 24.0 Å². The largest absolute Gasteiger partial charge is 0.468 e. The molecule has 1 N–H and O–H groups in total. The highest BCUT2D eigenvalue weighted by atomic mass is 32.1. The third kappa shape index (κ3) is 4.18. The average molecular weight is 423 g/mol. The van der Waals surface area contributed by atoms with Crippen LogP contribution >= 0.6 is 11.3 Å². The van der Waals surface area contributed by atoms with Gasteiger partial charge < -0.3 is 15.0 Å². The summed E-state index contributed by atoms with van der Waals surface area (Å²) in [7, 11) is 1.40. The number of carbonyl (C=O) groups is 2. The number of ether oxygens (including phenoxy) is 1. The standard InChI is InChI=1S/C22H22N4O3S/c1-14-7-9-15(10-8-14)11-23-20(27)21-25-24-19(30-21)13-26-12-17(22(28)29-2)16-5-3-4-6-18(16)26/h3-10,17H,11-13H2,1-2H3,(H,23,27). The first kappa shape index (κ1) is 20.0. The van der Waals surface area contributed by atoms with E-state index in [2.05, 4.69) is 20.4 Å². The van der Waals surface area contributed by atoms with E-state index in [-0.39, 0.29) is 17.8 Å². The van der Waals surface area contributed by atoms with Crippen LogP contribution in [-0.4, -0.2) is 35.7 Å². The van der Waals surface area contributed by atoms with Crippen molar-refractivity contribution in [3.05, 3.63) is 75.2 Å². The van der Waals surface area contributed by atoms with Crippen LogP contribution in [-0.2, 0) is 22.6 Å². The van der Waals surface area contributed by atoms with E-state index in [1.54, 1.807) is 0 Å². The molecule has 1 amide bonds. The van der Waals surface area contributed by atoms with Gasteiger partial charge in [0.15, 0.2) is 0 Å². The molecule has 0 fully saturated rings. The number of aromatic nitrogens is 2. The molecule has 1 aromatic heterocycles. The van der Waals surface area contributed by atoms with E-state index < -0.39 is 0 Å². The molecule has 0 aliphatic carbocycles. The normalized spacial score (nSPS) is 15.0. The van der Waals surface area contributed by atoms with Crippen molar-refractivity contribution in [3.8, 4) is 0 Å². The number of nitrogens with one attached hydrogen (secondary N) is 1. The first-order chi connectivity index (χ1) is 14.5. The molecule has 4 rings (SSSR count). The fraction of sp³-hybridized carbons (Fsp3) is 0.273. The Kier molecular flexibility index (Phi) is 5.76. The molecule has 30 heavy (non-hydrogen) atoms. The van der Waals surface area contributed by atoms with E-state index >= 15 is 0 Å². The van der Waals surface area contributed by atoms with Crippen molar-refractivity contribution in [1.82, 2.24) is 15.5 Å². The van der Waals surface area contributed by atoms with E-state index in [9.17, 15) is 9.59 Å². The van der Waals surface area contributed by atoms with Gasteiger partial charge in [0, 0.05) is 18.8 Å². The molecule has 0 radical (unpaired) electrons. The lowest BCUT2D eigenvalue weighted by Crippen LogP contribution is -2.24. The van der Waals surface area contributed by atoms with Crippen LogP contribution in [0.15, 0.2) is 48.5 Å². The number of carbonyl (C=O) groups excluding carboxylic acids is 2. The van der Waals surface area contributed by atoms with Gasteiger partial charge in [-0.05, 0) is 24.1 Å². The molecule has 7 nitrogen and oxygen atoms in total. The molecule has 0 saturated carbocycles. The van der Waals surface area contributed by atoms with E-state index in [0.717, 1.165) is 21.8 Å². The van der Waals surface area contributed by atoms with Crippen molar-refractivity contribution in [2.45, 2.75) is 25.9 Å². The van der Waals surface area contributed by atoms with Gasteiger partial charge in [-0.3, -0.25) is 9.59 Å². The Morgan fingerprint density at radius 3 is 2.70 bits per heavy atom. The number of para-hydroxylation sites is 1. The number of anilines is 1. The van der Waals surface area contributed by atoms with Crippen LogP contribution in [0.25, 0.3) is 0 Å². The number of rotatable bonds is 6. The fourth-order valence-corrected chi connectivity index (χ4v) is 4.29. The van der Waals surface area contributed by atoms with Crippen molar-refractivity contribution < 1.29 is 14.3 Å².